The molecule has 116 valence electrons. The number of hydrogen-bond donors (Lipinski definition) is 1. The quantitative estimate of drug-likeness (QED) is 0.706. The van der Waals surface area contributed by atoms with Crippen molar-refractivity contribution >= 4 is 15.9 Å². The first-order valence-electron chi connectivity index (χ1n) is 7.15. The summed E-state index contributed by atoms with van der Waals surface area (Å²) in [5.74, 6) is 0. The summed E-state index contributed by atoms with van der Waals surface area (Å²) in [7, 11) is 3.47. The molecule has 1 aromatic heterocycles. The van der Waals surface area contributed by atoms with E-state index in [1.807, 2.05) is 10.9 Å². The SMILES string of the molecule is CCCNC(c1c(Br)cnn1CCOC)C(CC)OC. The van der Waals surface area contributed by atoms with Gasteiger partial charge in [0.2, 0.25) is 0 Å². The van der Waals surface area contributed by atoms with Gasteiger partial charge in [0.25, 0.3) is 0 Å². The van der Waals surface area contributed by atoms with Crippen LogP contribution in [0.3, 0.4) is 0 Å². The fourth-order valence-electron chi connectivity index (χ4n) is 2.28. The van der Waals surface area contributed by atoms with Crippen molar-refractivity contribution in [2.24, 2.45) is 0 Å². The molecule has 5 nitrogen and oxygen atoms in total. The first kappa shape index (κ1) is 17.6. The third kappa shape index (κ3) is 4.55. The molecule has 0 bridgehead atoms. The Bertz CT molecular complexity index is 380. The molecule has 1 N–H and O–H groups in total. The summed E-state index contributed by atoms with van der Waals surface area (Å²) >= 11 is 3.61. The number of nitrogens with one attached hydrogen (secondary N) is 1. The second-order valence-corrected chi connectivity index (χ2v) is 5.56. The highest BCUT2D eigenvalue weighted by Gasteiger charge is 2.26. The van der Waals surface area contributed by atoms with Crippen LogP contribution in [0.25, 0.3) is 0 Å². The summed E-state index contributed by atoms with van der Waals surface area (Å²) in [5.41, 5.74) is 1.13. The molecule has 0 radical (unpaired) electrons. The zero-order valence-electron chi connectivity index (χ0n) is 12.9. The molecule has 0 fully saturated rings. The van der Waals surface area contributed by atoms with Crippen molar-refractivity contribution in [2.45, 2.75) is 45.4 Å². The largest absolute Gasteiger partial charge is 0.383 e. The zero-order valence-corrected chi connectivity index (χ0v) is 14.4. The molecular weight excluding hydrogens is 322 g/mol. The molecule has 0 saturated carbocycles. The van der Waals surface area contributed by atoms with Crippen LogP contribution in [-0.4, -0.2) is 43.3 Å². The van der Waals surface area contributed by atoms with E-state index in [0.717, 1.165) is 36.1 Å². The van der Waals surface area contributed by atoms with Crippen molar-refractivity contribution in [1.29, 1.82) is 0 Å². The number of rotatable bonds is 10. The van der Waals surface area contributed by atoms with E-state index in [4.69, 9.17) is 9.47 Å². The van der Waals surface area contributed by atoms with Gasteiger partial charge in [0.05, 0.1) is 41.7 Å². The summed E-state index contributed by atoms with van der Waals surface area (Å²) in [4.78, 5) is 0. The molecule has 6 heteroatoms. The minimum atomic E-state index is 0.121. The van der Waals surface area contributed by atoms with Crippen LogP contribution >= 0.6 is 15.9 Å². The van der Waals surface area contributed by atoms with Crippen LogP contribution in [0.2, 0.25) is 0 Å². The van der Waals surface area contributed by atoms with Gasteiger partial charge in [0, 0.05) is 14.2 Å². The minimum Gasteiger partial charge on any atom is -0.383 e. The Hall–Kier alpha value is -0.430. The number of nitrogens with zero attached hydrogens (tertiary/aromatic N) is 2. The lowest BCUT2D eigenvalue weighted by molar-refractivity contribution is 0.0613. The molecule has 0 aromatic carbocycles. The van der Waals surface area contributed by atoms with Gasteiger partial charge in [-0.15, -0.1) is 0 Å². The second kappa shape index (κ2) is 9.50. The average Bonchev–Trinajstić information content (AvgIpc) is 2.82. The van der Waals surface area contributed by atoms with E-state index < -0.39 is 0 Å². The van der Waals surface area contributed by atoms with Crippen molar-refractivity contribution in [1.82, 2.24) is 15.1 Å². The highest BCUT2D eigenvalue weighted by Crippen LogP contribution is 2.28. The molecule has 1 rings (SSSR count). The Balaban J connectivity index is 3.01. The van der Waals surface area contributed by atoms with Gasteiger partial charge in [-0.05, 0) is 35.3 Å². The second-order valence-electron chi connectivity index (χ2n) is 4.71. The van der Waals surface area contributed by atoms with Gasteiger partial charge >= 0.3 is 0 Å². The average molecular weight is 348 g/mol. The Kier molecular flexibility index (Phi) is 8.37. The molecule has 0 amide bonds. The first-order valence-corrected chi connectivity index (χ1v) is 7.95. The minimum absolute atomic E-state index is 0.121. The summed E-state index contributed by atoms with van der Waals surface area (Å²) in [6.45, 7) is 6.63. The van der Waals surface area contributed by atoms with Crippen molar-refractivity contribution in [3.8, 4) is 0 Å². The van der Waals surface area contributed by atoms with Gasteiger partial charge < -0.3 is 14.8 Å². The van der Waals surface area contributed by atoms with Crippen LogP contribution < -0.4 is 5.32 Å². The van der Waals surface area contributed by atoms with Crippen molar-refractivity contribution < 1.29 is 9.47 Å². The number of halogens is 1. The van der Waals surface area contributed by atoms with E-state index in [0.29, 0.717) is 6.61 Å². The molecule has 1 heterocycles. The Morgan fingerprint density at radius 2 is 2.15 bits per heavy atom. The maximum absolute atomic E-state index is 5.64. The van der Waals surface area contributed by atoms with Gasteiger partial charge in [-0.2, -0.15) is 5.10 Å². The monoisotopic (exact) mass is 347 g/mol. The van der Waals surface area contributed by atoms with E-state index in [-0.39, 0.29) is 12.1 Å². The maximum Gasteiger partial charge on any atom is 0.0779 e. The third-order valence-electron chi connectivity index (χ3n) is 3.33. The number of methoxy groups -OCH3 is 2. The fraction of sp³-hybridized carbons (Fsp3) is 0.786. The smallest absolute Gasteiger partial charge is 0.0779 e. The third-order valence-corrected chi connectivity index (χ3v) is 3.94. The molecule has 1 aromatic rings. The molecule has 2 unspecified atom stereocenters. The van der Waals surface area contributed by atoms with Gasteiger partial charge in [-0.3, -0.25) is 4.68 Å². The Morgan fingerprint density at radius 3 is 2.70 bits per heavy atom. The van der Waals surface area contributed by atoms with Gasteiger partial charge in [0.15, 0.2) is 0 Å². The van der Waals surface area contributed by atoms with E-state index in [1.54, 1.807) is 14.2 Å². The number of ether oxygens (including phenoxy) is 2. The van der Waals surface area contributed by atoms with E-state index in [2.05, 4.69) is 40.2 Å². The molecule has 0 aliphatic rings. The lowest BCUT2D eigenvalue weighted by atomic mass is 10.0. The molecule has 0 spiro atoms. The number of aromatic nitrogens is 2. The molecule has 0 aliphatic heterocycles. The van der Waals surface area contributed by atoms with Gasteiger partial charge in [0.1, 0.15) is 0 Å². The topological polar surface area (TPSA) is 48.3 Å². The normalized spacial score (nSPS) is 14.4. The molecule has 0 saturated heterocycles. The molecule has 2 atom stereocenters. The maximum atomic E-state index is 5.64. The van der Waals surface area contributed by atoms with Gasteiger partial charge in [-0.25, -0.2) is 0 Å². The fourth-order valence-corrected chi connectivity index (χ4v) is 2.82. The molecule has 20 heavy (non-hydrogen) atoms. The van der Waals surface area contributed by atoms with E-state index >= 15 is 0 Å². The van der Waals surface area contributed by atoms with Crippen LogP contribution in [0.4, 0.5) is 0 Å². The van der Waals surface area contributed by atoms with Crippen LogP contribution in [-0.2, 0) is 16.0 Å². The summed E-state index contributed by atoms with van der Waals surface area (Å²) in [6, 6.07) is 0.124. The van der Waals surface area contributed by atoms with E-state index in [1.165, 1.54) is 0 Å². The predicted octanol–water partition coefficient (Wildman–Crippen LogP) is 2.76. The van der Waals surface area contributed by atoms with Crippen LogP contribution in [0, 0.1) is 0 Å². The van der Waals surface area contributed by atoms with E-state index in [9.17, 15) is 0 Å². The predicted molar refractivity (Wildman–Crippen MR) is 83.9 cm³/mol. The number of hydrogen-bond acceptors (Lipinski definition) is 4. The van der Waals surface area contributed by atoms with Crippen molar-refractivity contribution in [3.05, 3.63) is 16.4 Å². The van der Waals surface area contributed by atoms with Crippen molar-refractivity contribution in [3.63, 3.8) is 0 Å². The highest BCUT2D eigenvalue weighted by molar-refractivity contribution is 9.10. The van der Waals surface area contributed by atoms with Crippen LogP contribution in [0.15, 0.2) is 10.7 Å². The summed E-state index contributed by atoms with van der Waals surface area (Å²) < 4.78 is 13.8. The lowest BCUT2D eigenvalue weighted by Crippen LogP contribution is -2.35. The molecular formula is C14H26BrN3O2. The van der Waals surface area contributed by atoms with Crippen LogP contribution in [0.1, 0.15) is 38.4 Å². The standard InChI is InChI=1S/C14H26BrN3O2/c1-5-7-16-13(12(6-2)20-4)14-11(15)10-17-18(14)8-9-19-3/h10,12-13,16H,5-9H2,1-4H3. The highest BCUT2D eigenvalue weighted by atomic mass is 79.9. The Morgan fingerprint density at radius 1 is 1.40 bits per heavy atom. The first-order chi connectivity index (χ1) is 9.69. The van der Waals surface area contributed by atoms with Gasteiger partial charge in [-0.1, -0.05) is 13.8 Å². The lowest BCUT2D eigenvalue weighted by Gasteiger charge is -2.27. The van der Waals surface area contributed by atoms with Crippen molar-refractivity contribution in [2.75, 3.05) is 27.4 Å². The van der Waals surface area contributed by atoms with Crippen LogP contribution in [0.5, 0.6) is 0 Å². The molecule has 0 aliphatic carbocycles. The summed E-state index contributed by atoms with van der Waals surface area (Å²) in [5, 5.41) is 8.00. The summed E-state index contributed by atoms with van der Waals surface area (Å²) in [6.07, 6.45) is 3.99. The Labute approximate surface area is 130 Å². The zero-order chi connectivity index (χ0) is 15.0.